The lowest BCUT2D eigenvalue weighted by Gasteiger charge is -2.11. The minimum absolute atomic E-state index is 0.771. The highest BCUT2D eigenvalue weighted by molar-refractivity contribution is 8.14. The highest BCUT2D eigenvalue weighted by Gasteiger charge is 2.19. The van der Waals surface area contributed by atoms with Gasteiger partial charge in [-0.05, 0) is 31.4 Å². The van der Waals surface area contributed by atoms with Gasteiger partial charge in [0.15, 0.2) is 0 Å². The van der Waals surface area contributed by atoms with Gasteiger partial charge in [-0.25, -0.2) is 0 Å². The second-order valence-corrected chi connectivity index (χ2v) is 5.77. The number of unbranched alkanes of at least 4 members (excludes halogenated alkanes) is 1. The van der Waals surface area contributed by atoms with E-state index in [0.29, 0.717) is 0 Å². The van der Waals surface area contributed by atoms with Crippen molar-refractivity contribution in [2.24, 2.45) is 5.10 Å². The van der Waals surface area contributed by atoms with Crippen LogP contribution in [0.1, 0.15) is 46.8 Å². The molecule has 1 aliphatic heterocycles. The predicted molar refractivity (Wildman–Crippen MR) is 81.9 cm³/mol. The zero-order valence-electron chi connectivity index (χ0n) is 11.8. The molecule has 0 saturated carbocycles. The Kier molecular flexibility index (Phi) is 4.64. The molecule has 1 aliphatic rings. The average Bonchev–Trinajstić information content (AvgIpc) is 2.88. The molecule has 4 heteroatoms. The van der Waals surface area contributed by atoms with Crippen LogP contribution in [0.5, 0.6) is 0 Å². The predicted octanol–water partition coefficient (Wildman–Crippen LogP) is 3.58. The van der Waals surface area contributed by atoms with E-state index in [0.717, 1.165) is 46.0 Å². The number of thioether (sulfide) groups is 1. The van der Waals surface area contributed by atoms with Gasteiger partial charge in [0.2, 0.25) is 0 Å². The number of hydrogen-bond acceptors (Lipinski definition) is 4. The number of carbonyl (C=O) groups excluding carboxylic acids is 1. The summed E-state index contributed by atoms with van der Waals surface area (Å²) in [5.74, 6) is 0.934. The molecule has 0 amide bonds. The molecule has 0 fully saturated rings. The Morgan fingerprint density at radius 2 is 2.16 bits per heavy atom. The molecular weight excluding hydrogens is 256 g/mol. The van der Waals surface area contributed by atoms with Crippen LogP contribution in [0.4, 0.5) is 0 Å². The maximum Gasteiger partial charge on any atom is 0.150 e. The molecule has 0 aliphatic carbocycles. The van der Waals surface area contributed by atoms with Crippen molar-refractivity contribution in [3.05, 3.63) is 34.4 Å². The monoisotopic (exact) mass is 276 g/mol. The summed E-state index contributed by atoms with van der Waals surface area (Å²) in [4.78, 5) is 10.9. The van der Waals surface area contributed by atoms with E-state index >= 15 is 0 Å². The van der Waals surface area contributed by atoms with Crippen LogP contribution in [0.3, 0.4) is 0 Å². The fourth-order valence-corrected chi connectivity index (χ4v) is 3.12. The molecule has 1 heterocycles. The normalized spacial score (nSPS) is 14.7. The Labute approximate surface area is 119 Å². The Balaban J connectivity index is 2.23. The van der Waals surface area contributed by atoms with Crippen LogP contribution in [0.15, 0.2) is 17.2 Å². The summed E-state index contributed by atoms with van der Waals surface area (Å²) in [6.07, 6.45) is 3.29. The number of nitrogens with zero attached hydrogens (tertiary/aromatic N) is 2. The SMILES string of the molecule is CCCCN1CSC(c2ccc(C=O)c(C)c2C)=N1. The third kappa shape index (κ3) is 3.00. The quantitative estimate of drug-likeness (QED) is 0.771. The fraction of sp³-hybridized carbons (Fsp3) is 0.467. The smallest absolute Gasteiger partial charge is 0.150 e. The molecule has 0 atom stereocenters. The number of carbonyl (C=O) groups is 1. The zero-order valence-corrected chi connectivity index (χ0v) is 12.6. The molecule has 2 rings (SSSR count). The lowest BCUT2D eigenvalue weighted by molar-refractivity contribution is 0.112. The molecule has 0 aromatic heterocycles. The van der Waals surface area contributed by atoms with Crippen molar-refractivity contribution >= 4 is 23.1 Å². The highest BCUT2D eigenvalue weighted by atomic mass is 32.2. The summed E-state index contributed by atoms with van der Waals surface area (Å²) in [5, 5.41) is 7.89. The van der Waals surface area contributed by atoms with Crippen LogP contribution in [0.2, 0.25) is 0 Å². The summed E-state index contributed by atoms with van der Waals surface area (Å²) in [5.41, 5.74) is 4.15. The van der Waals surface area contributed by atoms with E-state index in [1.807, 2.05) is 19.1 Å². The van der Waals surface area contributed by atoms with Gasteiger partial charge in [-0.15, -0.1) is 0 Å². The van der Waals surface area contributed by atoms with Crippen molar-refractivity contribution < 1.29 is 4.79 Å². The third-order valence-corrected chi connectivity index (χ3v) is 4.54. The number of hydrazone groups is 1. The topological polar surface area (TPSA) is 32.7 Å². The first-order chi connectivity index (χ1) is 9.17. The van der Waals surface area contributed by atoms with Crippen molar-refractivity contribution in [3.63, 3.8) is 0 Å². The second-order valence-electron chi connectivity index (χ2n) is 4.83. The van der Waals surface area contributed by atoms with Crippen LogP contribution in [-0.4, -0.2) is 28.8 Å². The average molecular weight is 276 g/mol. The maximum absolute atomic E-state index is 10.9. The molecule has 102 valence electrons. The van der Waals surface area contributed by atoms with E-state index in [4.69, 9.17) is 0 Å². The zero-order chi connectivity index (χ0) is 13.8. The van der Waals surface area contributed by atoms with Crippen LogP contribution < -0.4 is 0 Å². The van der Waals surface area contributed by atoms with Crippen LogP contribution >= 0.6 is 11.8 Å². The minimum Gasteiger partial charge on any atom is -0.298 e. The van der Waals surface area contributed by atoms with Crippen LogP contribution in [0, 0.1) is 13.8 Å². The van der Waals surface area contributed by atoms with Gasteiger partial charge in [0.25, 0.3) is 0 Å². The summed E-state index contributed by atoms with van der Waals surface area (Å²) in [6, 6.07) is 3.91. The van der Waals surface area contributed by atoms with Crippen LogP contribution in [0.25, 0.3) is 0 Å². The number of rotatable bonds is 5. The highest BCUT2D eigenvalue weighted by Crippen LogP contribution is 2.27. The Morgan fingerprint density at radius 1 is 1.37 bits per heavy atom. The molecule has 0 unspecified atom stereocenters. The number of hydrogen-bond donors (Lipinski definition) is 0. The number of benzene rings is 1. The molecule has 0 spiro atoms. The summed E-state index contributed by atoms with van der Waals surface area (Å²) in [7, 11) is 0. The molecule has 0 N–H and O–H groups in total. The first-order valence-electron chi connectivity index (χ1n) is 6.69. The third-order valence-electron chi connectivity index (χ3n) is 3.54. The van der Waals surface area contributed by atoms with Crippen molar-refractivity contribution in [2.45, 2.75) is 33.6 Å². The summed E-state index contributed by atoms with van der Waals surface area (Å²) >= 11 is 1.78. The van der Waals surface area contributed by atoms with Gasteiger partial charge in [0.1, 0.15) is 11.3 Å². The van der Waals surface area contributed by atoms with E-state index in [1.165, 1.54) is 12.8 Å². The van der Waals surface area contributed by atoms with Crippen molar-refractivity contribution in [2.75, 3.05) is 12.4 Å². The Hall–Kier alpha value is -1.29. The molecule has 1 aromatic rings. The van der Waals surface area contributed by atoms with Gasteiger partial charge in [-0.3, -0.25) is 9.80 Å². The molecule has 3 nitrogen and oxygen atoms in total. The standard InChI is InChI=1S/C15H20N2OS/c1-4-5-8-17-10-19-15(16-17)14-7-6-13(9-18)11(2)12(14)3/h6-7,9H,4-5,8,10H2,1-3H3. The van der Waals surface area contributed by atoms with Gasteiger partial charge in [0, 0.05) is 17.7 Å². The molecular formula is C15H20N2OS. The fourth-order valence-electron chi connectivity index (χ4n) is 2.11. The van der Waals surface area contributed by atoms with Crippen LogP contribution in [-0.2, 0) is 0 Å². The minimum atomic E-state index is 0.771. The molecule has 0 radical (unpaired) electrons. The number of aldehydes is 1. The molecule has 0 saturated heterocycles. The Bertz CT molecular complexity index is 511. The largest absolute Gasteiger partial charge is 0.298 e. The first kappa shape index (κ1) is 14.1. The summed E-state index contributed by atoms with van der Waals surface area (Å²) in [6.45, 7) is 7.28. The van der Waals surface area contributed by atoms with Gasteiger partial charge in [0.05, 0.1) is 5.88 Å². The van der Waals surface area contributed by atoms with Crippen molar-refractivity contribution in [1.29, 1.82) is 0 Å². The van der Waals surface area contributed by atoms with E-state index in [1.54, 1.807) is 11.8 Å². The molecule has 1 aromatic carbocycles. The van der Waals surface area contributed by atoms with Gasteiger partial charge in [-0.2, -0.15) is 5.10 Å². The van der Waals surface area contributed by atoms with Gasteiger partial charge in [-0.1, -0.05) is 37.2 Å². The lowest BCUT2D eigenvalue weighted by Crippen LogP contribution is -2.13. The van der Waals surface area contributed by atoms with E-state index in [-0.39, 0.29) is 0 Å². The van der Waals surface area contributed by atoms with Gasteiger partial charge < -0.3 is 0 Å². The van der Waals surface area contributed by atoms with E-state index in [2.05, 4.69) is 24.0 Å². The van der Waals surface area contributed by atoms with E-state index < -0.39 is 0 Å². The maximum atomic E-state index is 10.9. The lowest BCUT2D eigenvalue weighted by atomic mass is 9.99. The van der Waals surface area contributed by atoms with E-state index in [9.17, 15) is 4.79 Å². The molecule has 19 heavy (non-hydrogen) atoms. The van der Waals surface area contributed by atoms with Crippen molar-refractivity contribution in [1.82, 2.24) is 5.01 Å². The first-order valence-corrected chi connectivity index (χ1v) is 7.68. The second kappa shape index (κ2) is 6.24. The summed E-state index contributed by atoms with van der Waals surface area (Å²) < 4.78 is 0. The van der Waals surface area contributed by atoms with Crippen molar-refractivity contribution in [3.8, 4) is 0 Å². The Morgan fingerprint density at radius 3 is 2.84 bits per heavy atom. The van der Waals surface area contributed by atoms with Gasteiger partial charge >= 0.3 is 0 Å². The molecule has 0 bridgehead atoms.